The smallest absolute Gasteiger partial charge is 0.223 e. The summed E-state index contributed by atoms with van der Waals surface area (Å²) in [7, 11) is 1.68. The van der Waals surface area contributed by atoms with Gasteiger partial charge in [-0.3, -0.25) is 4.79 Å². The van der Waals surface area contributed by atoms with Crippen LogP contribution in [0.15, 0.2) is 18.2 Å². The SMILES string of the molecule is COc1ccc2nc(N3CCC(C(=O)NC4CC4)CC3)sc2c1. The van der Waals surface area contributed by atoms with Crippen molar-refractivity contribution in [2.24, 2.45) is 5.92 Å². The van der Waals surface area contributed by atoms with Crippen molar-refractivity contribution in [2.75, 3.05) is 25.1 Å². The Kier molecular flexibility index (Phi) is 3.85. The van der Waals surface area contributed by atoms with Crippen LogP contribution in [0.4, 0.5) is 5.13 Å². The number of rotatable bonds is 4. The minimum Gasteiger partial charge on any atom is -0.497 e. The number of thiazole rings is 1. The van der Waals surface area contributed by atoms with Gasteiger partial charge in [0.05, 0.1) is 17.3 Å². The van der Waals surface area contributed by atoms with Crippen LogP contribution < -0.4 is 15.0 Å². The molecule has 2 aromatic rings. The van der Waals surface area contributed by atoms with Crippen LogP contribution in [-0.2, 0) is 4.79 Å². The summed E-state index contributed by atoms with van der Waals surface area (Å²) in [6, 6.07) is 6.44. The van der Waals surface area contributed by atoms with Crippen molar-refractivity contribution in [1.29, 1.82) is 0 Å². The Labute approximate surface area is 139 Å². The van der Waals surface area contributed by atoms with Crippen LogP contribution in [0, 0.1) is 5.92 Å². The van der Waals surface area contributed by atoms with E-state index in [-0.39, 0.29) is 11.8 Å². The third-order valence-corrected chi connectivity index (χ3v) is 5.72. The molecule has 4 rings (SSSR count). The lowest BCUT2D eigenvalue weighted by molar-refractivity contribution is -0.125. The number of aromatic nitrogens is 1. The third-order valence-electron chi connectivity index (χ3n) is 4.64. The summed E-state index contributed by atoms with van der Waals surface area (Å²) in [6.45, 7) is 1.80. The molecule has 23 heavy (non-hydrogen) atoms. The lowest BCUT2D eigenvalue weighted by Crippen LogP contribution is -2.41. The molecule has 2 aliphatic rings. The number of piperidine rings is 1. The second kappa shape index (κ2) is 6.00. The van der Waals surface area contributed by atoms with Crippen molar-refractivity contribution in [3.63, 3.8) is 0 Å². The van der Waals surface area contributed by atoms with Crippen LogP contribution in [0.5, 0.6) is 5.75 Å². The van der Waals surface area contributed by atoms with Crippen molar-refractivity contribution in [3.8, 4) is 5.75 Å². The minimum atomic E-state index is 0.168. The maximum Gasteiger partial charge on any atom is 0.223 e. The molecule has 0 unspecified atom stereocenters. The van der Waals surface area contributed by atoms with Gasteiger partial charge in [0, 0.05) is 25.0 Å². The molecular weight excluding hydrogens is 310 g/mol. The predicted molar refractivity (Wildman–Crippen MR) is 92.3 cm³/mol. The predicted octanol–water partition coefficient (Wildman–Crippen LogP) is 2.80. The molecule has 0 spiro atoms. The van der Waals surface area contributed by atoms with Gasteiger partial charge in [0.15, 0.2) is 5.13 Å². The molecule has 1 aliphatic carbocycles. The van der Waals surface area contributed by atoms with Crippen molar-refractivity contribution < 1.29 is 9.53 Å². The molecule has 2 fully saturated rings. The maximum atomic E-state index is 12.1. The Hall–Kier alpha value is -1.82. The van der Waals surface area contributed by atoms with Crippen LogP contribution >= 0.6 is 11.3 Å². The van der Waals surface area contributed by atoms with E-state index in [9.17, 15) is 4.79 Å². The van der Waals surface area contributed by atoms with E-state index in [1.165, 1.54) is 0 Å². The Morgan fingerprint density at radius 1 is 1.30 bits per heavy atom. The van der Waals surface area contributed by atoms with Gasteiger partial charge < -0.3 is 15.0 Å². The zero-order chi connectivity index (χ0) is 15.8. The zero-order valence-corrected chi connectivity index (χ0v) is 14.1. The quantitative estimate of drug-likeness (QED) is 0.936. The van der Waals surface area contributed by atoms with Gasteiger partial charge in [-0.25, -0.2) is 4.98 Å². The standard InChI is InChI=1S/C17H21N3O2S/c1-22-13-4-5-14-15(10-13)23-17(19-14)20-8-6-11(7-9-20)16(21)18-12-2-3-12/h4-5,10-12H,2-3,6-9H2,1H3,(H,18,21). The second-order valence-electron chi connectivity index (χ2n) is 6.37. The average molecular weight is 331 g/mol. The van der Waals surface area contributed by atoms with Gasteiger partial charge in [-0.1, -0.05) is 11.3 Å². The van der Waals surface area contributed by atoms with E-state index in [1.807, 2.05) is 18.2 Å². The molecular formula is C17H21N3O2S. The average Bonchev–Trinajstić information content (AvgIpc) is 3.29. The molecule has 1 saturated heterocycles. The Balaban J connectivity index is 1.42. The molecule has 1 aromatic heterocycles. The molecule has 1 amide bonds. The van der Waals surface area contributed by atoms with Crippen LogP contribution in [0.3, 0.4) is 0 Å². The number of fused-ring (bicyclic) bond motifs is 1. The molecule has 0 radical (unpaired) electrons. The number of nitrogens with zero attached hydrogens (tertiary/aromatic N) is 2. The first-order valence-corrected chi connectivity index (χ1v) is 9.04. The first-order chi connectivity index (χ1) is 11.2. The number of methoxy groups -OCH3 is 1. The van der Waals surface area contributed by atoms with E-state index in [4.69, 9.17) is 9.72 Å². The number of carbonyl (C=O) groups is 1. The van der Waals surface area contributed by atoms with Crippen molar-refractivity contribution in [1.82, 2.24) is 10.3 Å². The molecule has 0 atom stereocenters. The van der Waals surface area contributed by atoms with E-state index >= 15 is 0 Å². The van der Waals surface area contributed by atoms with Gasteiger partial charge in [-0.15, -0.1) is 0 Å². The van der Waals surface area contributed by atoms with Gasteiger partial charge in [0.25, 0.3) is 0 Å². The zero-order valence-electron chi connectivity index (χ0n) is 13.2. The number of nitrogens with one attached hydrogen (secondary N) is 1. The van der Waals surface area contributed by atoms with Crippen molar-refractivity contribution in [2.45, 2.75) is 31.7 Å². The first-order valence-electron chi connectivity index (χ1n) is 8.23. The van der Waals surface area contributed by atoms with Crippen LogP contribution in [0.25, 0.3) is 10.2 Å². The molecule has 0 bridgehead atoms. The summed E-state index contributed by atoms with van der Waals surface area (Å²) in [6.07, 6.45) is 4.13. The molecule has 1 saturated carbocycles. The fraction of sp³-hybridized carbons (Fsp3) is 0.529. The van der Waals surface area contributed by atoms with E-state index in [1.54, 1.807) is 18.4 Å². The van der Waals surface area contributed by atoms with Crippen LogP contribution in [-0.4, -0.2) is 37.1 Å². The number of amides is 1. The Morgan fingerprint density at radius 2 is 2.09 bits per heavy atom. The molecule has 122 valence electrons. The number of hydrogen-bond acceptors (Lipinski definition) is 5. The normalized spacial score (nSPS) is 19.1. The molecule has 5 nitrogen and oxygen atoms in total. The topological polar surface area (TPSA) is 54.5 Å². The molecule has 6 heteroatoms. The minimum absolute atomic E-state index is 0.168. The number of carbonyl (C=O) groups excluding carboxylic acids is 1. The summed E-state index contributed by atoms with van der Waals surface area (Å²) in [5.41, 5.74) is 1.01. The van der Waals surface area contributed by atoms with Gasteiger partial charge in [-0.2, -0.15) is 0 Å². The van der Waals surface area contributed by atoms with E-state index in [2.05, 4.69) is 10.2 Å². The van der Waals surface area contributed by atoms with Gasteiger partial charge in [0.1, 0.15) is 5.75 Å². The molecule has 1 N–H and O–H groups in total. The fourth-order valence-corrected chi connectivity index (χ4v) is 4.08. The number of anilines is 1. The lowest BCUT2D eigenvalue weighted by atomic mass is 9.96. The lowest BCUT2D eigenvalue weighted by Gasteiger charge is -2.31. The highest BCUT2D eigenvalue weighted by atomic mass is 32.1. The van der Waals surface area contributed by atoms with Crippen molar-refractivity contribution >= 4 is 32.6 Å². The second-order valence-corrected chi connectivity index (χ2v) is 7.38. The maximum absolute atomic E-state index is 12.1. The van der Waals surface area contributed by atoms with Crippen LogP contribution in [0.1, 0.15) is 25.7 Å². The van der Waals surface area contributed by atoms with E-state index in [0.29, 0.717) is 6.04 Å². The Morgan fingerprint density at radius 3 is 2.78 bits per heavy atom. The van der Waals surface area contributed by atoms with Gasteiger partial charge >= 0.3 is 0 Å². The summed E-state index contributed by atoms with van der Waals surface area (Å²) in [5.74, 6) is 1.28. The Bertz CT molecular complexity index is 718. The van der Waals surface area contributed by atoms with E-state index < -0.39 is 0 Å². The largest absolute Gasteiger partial charge is 0.497 e. The summed E-state index contributed by atoms with van der Waals surface area (Å²) >= 11 is 1.70. The fourth-order valence-electron chi connectivity index (χ4n) is 3.03. The summed E-state index contributed by atoms with van der Waals surface area (Å²) in [5, 5.41) is 4.18. The van der Waals surface area contributed by atoms with E-state index in [0.717, 1.165) is 59.9 Å². The molecule has 1 aliphatic heterocycles. The van der Waals surface area contributed by atoms with Crippen LogP contribution in [0.2, 0.25) is 0 Å². The number of benzene rings is 1. The molecule has 2 heterocycles. The van der Waals surface area contributed by atoms with Gasteiger partial charge in [-0.05, 0) is 43.9 Å². The number of hydrogen-bond donors (Lipinski definition) is 1. The highest BCUT2D eigenvalue weighted by molar-refractivity contribution is 7.22. The monoisotopic (exact) mass is 331 g/mol. The third kappa shape index (κ3) is 3.13. The van der Waals surface area contributed by atoms with Gasteiger partial charge in [0.2, 0.25) is 5.91 Å². The first kappa shape index (κ1) is 14.8. The van der Waals surface area contributed by atoms with Crippen molar-refractivity contribution in [3.05, 3.63) is 18.2 Å². The summed E-state index contributed by atoms with van der Waals surface area (Å²) in [4.78, 5) is 19.2. The number of ether oxygens (including phenoxy) is 1. The molecule has 1 aromatic carbocycles. The highest BCUT2D eigenvalue weighted by Gasteiger charge is 2.30. The highest BCUT2D eigenvalue weighted by Crippen LogP contribution is 2.33. The summed E-state index contributed by atoms with van der Waals surface area (Å²) < 4.78 is 6.42.